The first-order chi connectivity index (χ1) is 10.6. The van der Waals surface area contributed by atoms with Crippen LogP contribution in [-0.2, 0) is 0 Å². The lowest BCUT2D eigenvalue weighted by Gasteiger charge is -2.12. The number of rotatable bonds is 3. The molecule has 0 fully saturated rings. The van der Waals surface area contributed by atoms with E-state index in [-0.39, 0.29) is 11.1 Å². The van der Waals surface area contributed by atoms with Crippen molar-refractivity contribution < 1.29 is 19.8 Å². The van der Waals surface area contributed by atoms with Gasteiger partial charge < -0.3 is 10.2 Å². The van der Waals surface area contributed by atoms with Crippen LogP contribution in [0.5, 0.6) is 0 Å². The summed E-state index contributed by atoms with van der Waals surface area (Å²) in [6, 6.07) is 17.0. The summed E-state index contributed by atoms with van der Waals surface area (Å²) in [5, 5.41) is 20.3. The van der Waals surface area contributed by atoms with E-state index in [0.29, 0.717) is 16.5 Å². The molecule has 0 spiro atoms. The first-order valence-corrected chi connectivity index (χ1v) is 6.67. The number of carboxylic acid groups (broad SMARTS) is 2. The second-order valence-electron chi connectivity index (χ2n) is 4.87. The van der Waals surface area contributed by atoms with Gasteiger partial charge in [0.2, 0.25) is 0 Å². The number of benzene rings is 3. The Bertz CT molecular complexity index is 896. The number of fused-ring (bicyclic) bond motifs is 1. The van der Waals surface area contributed by atoms with Crippen molar-refractivity contribution in [3.8, 4) is 11.1 Å². The molecule has 3 aromatic rings. The van der Waals surface area contributed by atoms with Gasteiger partial charge in [-0.15, -0.1) is 0 Å². The lowest BCUT2D eigenvalue weighted by molar-refractivity contribution is 0.0685. The molecule has 0 saturated carbocycles. The third-order valence-electron chi connectivity index (χ3n) is 3.59. The van der Waals surface area contributed by atoms with Gasteiger partial charge in [0.05, 0.1) is 11.1 Å². The van der Waals surface area contributed by atoms with Crippen LogP contribution in [0.2, 0.25) is 0 Å². The molecule has 108 valence electrons. The van der Waals surface area contributed by atoms with Gasteiger partial charge in [0, 0.05) is 0 Å². The van der Waals surface area contributed by atoms with Crippen LogP contribution in [0.15, 0.2) is 60.7 Å². The van der Waals surface area contributed by atoms with E-state index in [2.05, 4.69) is 0 Å². The molecule has 4 heteroatoms. The van der Waals surface area contributed by atoms with Crippen LogP contribution in [0.3, 0.4) is 0 Å². The predicted octanol–water partition coefficient (Wildman–Crippen LogP) is 3.90. The van der Waals surface area contributed by atoms with Crippen LogP contribution in [0.4, 0.5) is 0 Å². The Balaban J connectivity index is 2.40. The third-order valence-corrected chi connectivity index (χ3v) is 3.59. The fraction of sp³-hybridized carbons (Fsp3) is 0. The number of hydrogen-bond acceptors (Lipinski definition) is 2. The molecule has 0 bridgehead atoms. The second kappa shape index (κ2) is 5.33. The molecule has 3 aromatic carbocycles. The van der Waals surface area contributed by atoms with Crippen molar-refractivity contribution in [2.45, 2.75) is 0 Å². The Labute approximate surface area is 126 Å². The molecule has 0 amide bonds. The van der Waals surface area contributed by atoms with Gasteiger partial charge in [-0.3, -0.25) is 0 Å². The van der Waals surface area contributed by atoms with Gasteiger partial charge in [-0.1, -0.05) is 54.6 Å². The summed E-state index contributed by atoms with van der Waals surface area (Å²) < 4.78 is 0. The Kier molecular flexibility index (Phi) is 3.35. The Morgan fingerprint density at radius 2 is 1.36 bits per heavy atom. The van der Waals surface area contributed by atoms with E-state index in [9.17, 15) is 19.8 Å². The topological polar surface area (TPSA) is 74.6 Å². The average Bonchev–Trinajstić information content (AvgIpc) is 2.53. The van der Waals surface area contributed by atoms with Crippen molar-refractivity contribution in [1.29, 1.82) is 0 Å². The zero-order valence-corrected chi connectivity index (χ0v) is 11.5. The molecule has 0 aliphatic carbocycles. The molecule has 0 saturated heterocycles. The number of hydrogen-bond donors (Lipinski definition) is 2. The first kappa shape index (κ1) is 13.8. The van der Waals surface area contributed by atoms with Gasteiger partial charge in [-0.05, 0) is 28.0 Å². The minimum atomic E-state index is -1.08. The Hall–Kier alpha value is -3.14. The highest BCUT2D eigenvalue weighted by Crippen LogP contribution is 2.32. The van der Waals surface area contributed by atoms with Crippen LogP contribution in [-0.4, -0.2) is 22.2 Å². The second-order valence-corrected chi connectivity index (χ2v) is 4.87. The van der Waals surface area contributed by atoms with Crippen LogP contribution in [0, 0.1) is 0 Å². The highest BCUT2D eigenvalue weighted by Gasteiger charge is 2.19. The van der Waals surface area contributed by atoms with Gasteiger partial charge in [0.1, 0.15) is 0 Å². The molecule has 22 heavy (non-hydrogen) atoms. The molecule has 3 rings (SSSR count). The van der Waals surface area contributed by atoms with Crippen molar-refractivity contribution in [3.05, 3.63) is 71.8 Å². The minimum Gasteiger partial charge on any atom is -0.478 e. The molecule has 0 heterocycles. The maximum absolute atomic E-state index is 11.7. The van der Waals surface area contributed by atoms with Crippen molar-refractivity contribution in [2.24, 2.45) is 0 Å². The smallest absolute Gasteiger partial charge is 0.336 e. The number of carbonyl (C=O) groups is 2. The van der Waals surface area contributed by atoms with E-state index in [1.54, 1.807) is 42.5 Å². The SMILES string of the molecule is O=C(O)c1ccccc1-c1ccc2ccccc2c1C(=O)O. The monoisotopic (exact) mass is 292 g/mol. The summed E-state index contributed by atoms with van der Waals surface area (Å²) in [4.78, 5) is 23.1. The van der Waals surface area contributed by atoms with Gasteiger partial charge in [0.25, 0.3) is 0 Å². The van der Waals surface area contributed by atoms with Gasteiger partial charge in [0.15, 0.2) is 0 Å². The maximum atomic E-state index is 11.7. The van der Waals surface area contributed by atoms with Crippen molar-refractivity contribution in [2.75, 3.05) is 0 Å². The van der Waals surface area contributed by atoms with Crippen molar-refractivity contribution >= 4 is 22.7 Å². The molecule has 0 aromatic heterocycles. The molecule has 0 unspecified atom stereocenters. The van der Waals surface area contributed by atoms with Crippen LogP contribution >= 0.6 is 0 Å². The molecule has 4 nitrogen and oxygen atoms in total. The molecule has 0 radical (unpaired) electrons. The summed E-state index contributed by atoms with van der Waals surface area (Å²) in [7, 11) is 0. The number of aromatic carboxylic acids is 2. The van der Waals surface area contributed by atoms with E-state index < -0.39 is 11.9 Å². The van der Waals surface area contributed by atoms with Gasteiger partial charge in [-0.25, -0.2) is 9.59 Å². The quantitative estimate of drug-likeness (QED) is 0.767. The van der Waals surface area contributed by atoms with Crippen molar-refractivity contribution in [1.82, 2.24) is 0 Å². The minimum absolute atomic E-state index is 0.0836. The fourth-order valence-corrected chi connectivity index (χ4v) is 2.63. The first-order valence-electron chi connectivity index (χ1n) is 6.67. The van der Waals surface area contributed by atoms with E-state index in [4.69, 9.17) is 0 Å². The molecule has 2 N–H and O–H groups in total. The predicted molar refractivity (Wildman–Crippen MR) is 83.3 cm³/mol. The summed E-state index contributed by atoms with van der Waals surface area (Å²) in [5.74, 6) is -2.16. The molecule has 0 aliphatic heterocycles. The summed E-state index contributed by atoms with van der Waals surface area (Å²) in [6.45, 7) is 0. The fourth-order valence-electron chi connectivity index (χ4n) is 2.63. The van der Waals surface area contributed by atoms with Crippen LogP contribution < -0.4 is 0 Å². The lowest BCUT2D eigenvalue weighted by atomic mass is 9.91. The van der Waals surface area contributed by atoms with Crippen molar-refractivity contribution in [3.63, 3.8) is 0 Å². The summed E-state index contributed by atoms with van der Waals surface area (Å²) >= 11 is 0. The highest BCUT2D eigenvalue weighted by atomic mass is 16.4. The number of carboxylic acids is 2. The normalized spacial score (nSPS) is 10.5. The zero-order valence-electron chi connectivity index (χ0n) is 11.5. The Morgan fingerprint density at radius 3 is 2.09 bits per heavy atom. The largest absolute Gasteiger partial charge is 0.478 e. The molecular formula is C18H12O4. The van der Waals surface area contributed by atoms with E-state index in [0.717, 1.165) is 5.39 Å². The summed E-state index contributed by atoms with van der Waals surface area (Å²) in [5.41, 5.74) is 1.01. The standard InChI is InChI=1S/C18H12O4/c19-17(20)15-8-4-3-7-13(15)14-10-9-11-5-1-2-6-12(11)16(14)18(21)22/h1-10H,(H,19,20)(H,21,22). The molecule has 0 aliphatic rings. The van der Waals surface area contributed by atoms with Gasteiger partial charge >= 0.3 is 11.9 Å². The Morgan fingerprint density at radius 1 is 0.682 bits per heavy atom. The lowest BCUT2D eigenvalue weighted by Crippen LogP contribution is -2.05. The maximum Gasteiger partial charge on any atom is 0.336 e. The van der Waals surface area contributed by atoms with E-state index in [1.165, 1.54) is 6.07 Å². The zero-order chi connectivity index (χ0) is 15.7. The summed E-state index contributed by atoms with van der Waals surface area (Å²) in [6.07, 6.45) is 0. The average molecular weight is 292 g/mol. The van der Waals surface area contributed by atoms with Gasteiger partial charge in [-0.2, -0.15) is 0 Å². The van der Waals surface area contributed by atoms with E-state index in [1.807, 2.05) is 12.1 Å². The van der Waals surface area contributed by atoms with Crippen LogP contribution in [0.25, 0.3) is 21.9 Å². The molecular weight excluding hydrogens is 280 g/mol. The third kappa shape index (κ3) is 2.20. The molecule has 0 atom stereocenters. The highest BCUT2D eigenvalue weighted by molar-refractivity contribution is 6.11. The van der Waals surface area contributed by atoms with E-state index >= 15 is 0 Å². The van der Waals surface area contributed by atoms with Crippen LogP contribution in [0.1, 0.15) is 20.7 Å².